The Hall–Kier alpha value is -2.45. The second-order valence-electron chi connectivity index (χ2n) is 6.29. The fourth-order valence-corrected chi connectivity index (χ4v) is 3.12. The number of methoxy groups -OCH3 is 1. The van der Waals surface area contributed by atoms with Crippen LogP contribution in [-0.2, 0) is 17.5 Å². The van der Waals surface area contributed by atoms with Crippen LogP contribution in [0.15, 0.2) is 48.7 Å². The molecule has 2 aromatic rings. The SMILES string of the molecule is COC1CCN(N(Cc2ccccn2)C(=O)c2ccccc2C(F)(F)F)C1. The van der Waals surface area contributed by atoms with Crippen molar-refractivity contribution in [1.82, 2.24) is 15.0 Å². The quantitative estimate of drug-likeness (QED) is 0.799. The molecule has 0 saturated carbocycles. The number of aromatic nitrogens is 1. The summed E-state index contributed by atoms with van der Waals surface area (Å²) < 4.78 is 45.5. The summed E-state index contributed by atoms with van der Waals surface area (Å²) in [6, 6.07) is 10.1. The average molecular weight is 379 g/mol. The van der Waals surface area contributed by atoms with Crippen LogP contribution in [0.1, 0.15) is 28.0 Å². The van der Waals surface area contributed by atoms with Gasteiger partial charge in [0.15, 0.2) is 0 Å². The topological polar surface area (TPSA) is 45.7 Å². The van der Waals surface area contributed by atoms with Crippen LogP contribution in [0.5, 0.6) is 0 Å². The lowest BCUT2D eigenvalue weighted by atomic mass is 10.1. The zero-order valence-electron chi connectivity index (χ0n) is 14.8. The smallest absolute Gasteiger partial charge is 0.380 e. The summed E-state index contributed by atoms with van der Waals surface area (Å²) in [6.45, 7) is 1.04. The van der Waals surface area contributed by atoms with Gasteiger partial charge in [-0.25, -0.2) is 5.01 Å². The molecule has 1 aliphatic rings. The summed E-state index contributed by atoms with van der Waals surface area (Å²) in [5.41, 5.74) is -0.721. The first-order valence-electron chi connectivity index (χ1n) is 8.56. The zero-order valence-corrected chi connectivity index (χ0v) is 14.8. The van der Waals surface area contributed by atoms with E-state index in [1.165, 1.54) is 23.2 Å². The highest BCUT2D eigenvalue weighted by Gasteiger charge is 2.38. The number of pyridine rings is 1. The average Bonchev–Trinajstić information content (AvgIpc) is 3.15. The highest BCUT2D eigenvalue weighted by Crippen LogP contribution is 2.33. The molecule has 1 amide bonds. The number of carbonyl (C=O) groups is 1. The first kappa shape index (κ1) is 19.3. The van der Waals surface area contributed by atoms with E-state index in [1.807, 2.05) is 0 Å². The van der Waals surface area contributed by atoms with Gasteiger partial charge in [-0.2, -0.15) is 13.2 Å². The van der Waals surface area contributed by atoms with E-state index in [9.17, 15) is 18.0 Å². The third-order valence-electron chi connectivity index (χ3n) is 4.53. The maximum Gasteiger partial charge on any atom is 0.417 e. The number of amides is 1. The predicted molar refractivity (Wildman–Crippen MR) is 92.5 cm³/mol. The van der Waals surface area contributed by atoms with Gasteiger partial charge in [0.2, 0.25) is 0 Å². The van der Waals surface area contributed by atoms with Gasteiger partial charge in [0.05, 0.1) is 29.5 Å². The van der Waals surface area contributed by atoms with E-state index < -0.39 is 17.6 Å². The van der Waals surface area contributed by atoms with Crippen molar-refractivity contribution in [3.05, 3.63) is 65.5 Å². The van der Waals surface area contributed by atoms with Gasteiger partial charge in [-0.1, -0.05) is 18.2 Å². The fourth-order valence-electron chi connectivity index (χ4n) is 3.12. The van der Waals surface area contributed by atoms with E-state index in [-0.39, 0.29) is 18.2 Å². The summed E-state index contributed by atoms with van der Waals surface area (Å²) in [7, 11) is 1.58. The standard InChI is InChI=1S/C19H20F3N3O2/c1-27-15-9-11-24(13-15)25(12-14-6-4-5-10-23-14)18(26)16-7-2-3-8-17(16)19(20,21)22/h2-8,10,15H,9,11-13H2,1H3. The second-order valence-corrected chi connectivity index (χ2v) is 6.29. The second kappa shape index (κ2) is 8.06. The highest BCUT2D eigenvalue weighted by molar-refractivity contribution is 5.95. The first-order valence-corrected chi connectivity index (χ1v) is 8.56. The lowest BCUT2D eigenvalue weighted by molar-refractivity contribution is -0.138. The van der Waals surface area contributed by atoms with Gasteiger partial charge in [-0.15, -0.1) is 0 Å². The molecular formula is C19H20F3N3O2. The van der Waals surface area contributed by atoms with Crippen LogP contribution in [0.4, 0.5) is 13.2 Å². The Morgan fingerprint density at radius 3 is 2.63 bits per heavy atom. The minimum atomic E-state index is -4.61. The van der Waals surface area contributed by atoms with Crippen molar-refractivity contribution in [3.8, 4) is 0 Å². The molecule has 1 unspecified atom stereocenters. The van der Waals surface area contributed by atoms with Crippen LogP contribution >= 0.6 is 0 Å². The monoisotopic (exact) mass is 379 g/mol. The number of nitrogens with zero attached hydrogens (tertiary/aromatic N) is 3. The molecule has 1 saturated heterocycles. The Morgan fingerprint density at radius 1 is 1.26 bits per heavy atom. The van der Waals surface area contributed by atoms with Crippen molar-refractivity contribution in [1.29, 1.82) is 0 Å². The molecule has 1 aromatic carbocycles. The Bertz CT molecular complexity index is 783. The molecule has 0 N–H and O–H groups in total. The molecular weight excluding hydrogens is 359 g/mol. The van der Waals surface area contributed by atoms with Crippen molar-refractivity contribution >= 4 is 5.91 Å². The summed E-state index contributed by atoms with van der Waals surface area (Å²) in [4.78, 5) is 17.3. The van der Waals surface area contributed by atoms with Gasteiger partial charge < -0.3 is 4.74 Å². The Labute approximate surface area is 155 Å². The van der Waals surface area contributed by atoms with Crippen LogP contribution in [0.3, 0.4) is 0 Å². The number of carbonyl (C=O) groups excluding carboxylic acids is 1. The number of rotatable bonds is 5. The number of hydrogen-bond donors (Lipinski definition) is 0. The Morgan fingerprint density at radius 2 is 2.00 bits per heavy atom. The Kier molecular flexibility index (Phi) is 5.76. The molecule has 1 aromatic heterocycles. The third kappa shape index (κ3) is 4.45. The van der Waals surface area contributed by atoms with Crippen molar-refractivity contribution < 1.29 is 22.7 Å². The van der Waals surface area contributed by atoms with E-state index in [0.717, 1.165) is 6.07 Å². The van der Waals surface area contributed by atoms with Gasteiger partial charge >= 0.3 is 6.18 Å². The Balaban J connectivity index is 1.94. The summed E-state index contributed by atoms with van der Waals surface area (Å²) in [5.74, 6) is -0.703. The lowest BCUT2D eigenvalue weighted by Gasteiger charge is -2.32. The molecule has 27 heavy (non-hydrogen) atoms. The molecule has 0 spiro atoms. The maximum atomic E-state index is 13.4. The van der Waals surface area contributed by atoms with Gasteiger partial charge in [0.1, 0.15) is 0 Å². The van der Waals surface area contributed by atoms with Crippen molar-refractivity contribution in [2.45, 2.75) is 25.2 Å². The normalized spacial score (nSPS) is 17.9. The van der Waals surface area contributed by atoms with E-state index in [1.54, 1.807) is 36.5 Å². The zero-order chi connectivity index (χ0) is 19.4. The summed E-state index contributed by atoms with van der Waals surface area (Å²) in [6.07, 6.45) is -2.39. The molecule has 1 aliphatic heterocycles. The molecule has 0 radical (unpaired) electrons. The first-order chi connectivity index (χ1) is 12.9. The number of alkyl halides is 3. The number of benzene rings is 1. The number of halogens is 3. The maximum absolute atomic E-state index is 13.4. The van der Waals surface area contributed by atoms with Crippen LogP contribution in [0.25, 0.3) is 0 Å². The van der Waals surface area contributed by atoms with Gasteiger partial charge in [-0.3, -0.25) is 14.8 Å². The van der Waals surface area contributed by atoms with Crippen LogP contribution in [0, 0.1) is 0 Å². The number of hydrazine groups is 1. The van der Waals surface area contributed by atoms with E-state index in [0.29, 0.717) is 25.2 Å². The van der Waals surface area contributed by atoms with Gasteiger partial charge in [-0.05, 0) is 30.7 Å². The van der Waals surface area contributed by atoms with Crippen molar-refractivity contribution in [2.75, 3.05) is 20.2 Å². The molecule has 144 valence electrons. The predicted octanol–water partition coefficient (Wildman–Crippen LogP) is 3.38. The van der Waals surface area contributed by atoms with E-state index in [4.69, 9.17) is 4.74 Å². The summed E-state index contributed by atoms with van der Waals surface area (Å²) in [5, 5.41) is 3.07. The van der Waals surface area contributed by atoms with Gasteiger partial charge in [0, 0.05) is 26.4 Å². The van der Waals surface area contributed by atoms with Crippen LogP contribution in [-0.4, -0.2) is 47.2 Å². The molecule has 2 heterocycles. The van der Waals surface area contributed by atoms with Gasteiger partial charge in [0.25, 0.3) is 5.91 Å². The van der Waals surface area contributed by atoms with E-state index >= 15 is 0 Å². The molecule has 0 bridgehead atoms. The minimum Gasteiger partial charge on any atom is -0.380 e. The molecule has 8 heteroatoms. The largest absolute Gasteiger partial charge is 0.417 e. The van der Waals surface area contributed by atoms with Crippen molar-refractivity contribution in [2.24, 2.45) is 0 Å². The highest BCUT2D eigenvalue weighted by atomic mass is 19.4. The third-order valence-corrected chi connectivity index (χ3v) is 4.53. The minimum absolute atomic E-state index is 0.0677. The molecule has 1 atom stereocenters. The van der Waals surface area contributed by atoms with Crippen LogP contribution in [0.2, 0.25) is 0 Å². The number of ether oxygens (including phenoxy) is 1. The molecule has 5 nitrogen and oxygen atoms in total. The van der Waals surface area contributed by atoms with Crippen molar-refractivity contribution in [3.63, 3.8) is 0 Å². The molecule has 1 fully saturated rings. The van der Waals surface area contributed by atoms with Crippen LogP contribution < -0.4 is 0 Å². The lowest BCUT2D eigenvalue weighted by Crippen LogP contribution is -2.46. The fraction of sp³-hybridized carbons (Fsp3) is 0.368. The summed E-state index contributed by atoms with van der Waals surface area (Å²) >= 11 is 0. The molecule has 3 rings (SSSR count). The number of hydrogen-bond acceptors (Lipinski definition) is 4. The van der Waals surface area contributed by atoms with E-state index in [2.05, 4.69) is 4.98 Å². The molecule has 0 aliphatic carbocycles.